The second kappa shape index (κ2) is 11.1. The number of furan rings is 1. The normalized spacial score (nSPS) is 11.7. The Morgan fingerprint density at radius 2 is 0.714 bits per heavy atom. The number of hydrogen-bond donors (Lipinski definition) is 0. The van der Waals surface area contributed by atoms with Gasteiger partial charge in [-0.1, -0.05) is 152 Å². The van der Waals surface area contributed by atoms with Crippen molar-refractivity contribution < 1.29 is 4.42 Å². The lowest BCUT2D eigenvalue weighted by Gasteiger charge is -2.13. The second-order valence-corrected chi connectivity index (χ2v) is 12.9. The Morgan fingerprint density at radius 1 is 0.245 bits per heavy atom. The minimum atomic E-state index is 0.902. The van der Waals surface area contributed by atoms with Crippen LogP contribution in [0.4, 0.5) is 0 Å². The lowest BCUT2D eigenvalue weighted by Crippen LogP contribution is -1.87. The number of hydrogen-bond acceptors (Lipinski definition) is 1. The largest absolute Gasteiger partial charge is 0.455 e. The SMILES string of the molecule is c1ccc(-c2ccc(-c3cccc(-c4cc(-c5ccc6c7ccccc7c7ccccc7c6c5)cc5c4oc4ccccc45)c3)cc2)cc1. The predicted octanol–water partition coefficient (Wildman–Crippen LogP) is 13.7. The summed E-state index contributed by atoms with van der Waals surface area (Å²) in [5.41, 5.74) is 11.2. The average molecular weight is 623 g/mol. The Bertz CT molecular complexity index is 2820. The fourth-order valence-electron chi connectivity index (χ4n) is 7.65. The number of fused-ring (bicyclic) bond motifs is 9. The third-order valence-corrected chi connectivity index (χ3v) is 10.1. The Kier molecular flexibility index (Phi) is 6.25. The van der Waals surface area contributed by atoms with E-state index in [0.717, 1.165) is 33.1 Å². The standard InChI is InChI=1S/C48H30O/c1-2-11-31(12-3-1)32-21-23-33(24-22-32)34-13-10-14-36(27-34)44-29-37(30-46-43-19-8-9-20-47(43)49-48(44)46)35-25-26-42-40-17-5-4-15-38(40)39-16-6-7-18-41(39)45(42)28-35/h1-30H. The van der Waals surface area contributed by atoms with Gasteiger partial charge in [0.2, 0.25) is 0 Å². The summed E-state index contributed by atoms with van der Waals surface area (Å²) in [6, 6.07) is 65.7. The summed E-state index contributed by atoms with van der Waals surface area (Å²) in [4.78, 5) is 0. The molecule has 0 aliphatic heterocycles. The third-order valence-electron chi connectivity index (χ3n) is 10.1. The fraction of sp³-hybridized carbons (Fsp3) is 0. The highest BCUT2D eigenvalue weighted by Crippen LogP contribution is 2.42. The van der Waals surface area contributed by atoms with Crippen LogP contribution in [0, 0.1) is 0 Å². The summed E-state index contributed by atoms with van der Waals surface area (Å²) in [6.07, 6.45) is 0. The molecule has 1 heterocycles. The van der Waals surface area contributed by atoms with Gasteiger partial charge in [0.25, 0.3) is 0 Å². The van der Waals surface area contributed by atoms with E-state index >= 15 is 0 Å². The van der Waals surface area contributed by atoms with E-state index in [1.165, 1.54) is 65.7 Å². The van der Waals surface area contributed by atoms with Crippen molar-refractivity contribution in [3.05, 3.63) is 182 Å². The van der Waals surface area contributed by atoms with Crippen LogP contribution in [0.25, 0.3) is 98.8 Å². The Labute approximate surface area is 284 Å². The zero-order chi connectivity index (χ0) is 32.3. The van der Waals surface area contributed by atoms with E-state index in [1.807, 2.05) is 6.07 Å². The molecule has 0 radical (unpaired) electrons. The summed E-state index contributed by atoms with van der Waals surface area (Å²) in [6.45, 7) is 0. The molecule has 0 amide bonds. The molecule has 0 saturated carbocycles. The maximum atomic E-state index is 6.62. The van der Waals surface area contributed by atoms with Gasteiger partial charge in [0.1, 0.15) is 11.2 Å². The minimum Gasteiger partial charge on any atom is -0.455 e. The highest BCUT2D eigenvalue weighted by Gasteiger charge is 2.17. The molecule has 0 fully saturated rings. The molecule has 0 N–H and O–H groups in total. The van der Waals surface area contributed by atoms with Gasteiger partial charge in [-0.3, -0.25) is 0 Å². The molecular weight excluding hydrogens is 593 g/mol. The first kappa shape index (κ1) is 27.7. The van der Waals surface area contributed by atoms with E-state index in [0.29, 0.717) is 0 Å². The van der Waals surface area contributed by atoms with E-state index in [9.17, 15) is 0 Å². The molecule has 10 rings (SSSR count). The second-order valence-electron chi connectivity index (χ2n) is 12.9. The van der Waals surface area contributed by atoms with Crippen molar-refractivity contribution in [2.24, 2.45) is 0 Å². The molecular formula is C48H30O. The lowest BCUT2D eigenvalue weighted by molar-refractivity contribution is 0.670. The van der Waals surface area contributed by atoms with Crippen LogP contribution >= 0.6 is 0 Å². The first-order valence-corrected chi connectivity index (χ1v) is 16.8. The van der Waals surface area contributed by atoms with E-state index in [4.69, 9.17) is 4.42 Å². The molecule has 1 heteroatoms. The van der Waals surface area contributed by atoms with Gasteiger partial charge < -0.3 is 4.42 Å². The third kappa shape index (κ3) is 4.55. The smallest absolute Gasteiger partial charge is 0.143 e. The molecule has 0 bridgehead atoms. The maximum absolute atomic E-state index is 6.62. The molecule has 228 valence electrons. The first-order chi connectivity index (χ1) is 24.3. The van der Waals surface area contributed by atoms with Crippen LogP contribution in [0.2, 0.25) is 0 Å². The van der Waals surface area contributed by atoms with Gasteiger partial charge in [-0.2, -0.15) is 0 Å². The highest BCUT2D eigenvalue weighted by molar-refractivity contribution is 6.26. The number of para-hydroxylation sites is 1. The van der Waals surface area contributed by atoms with Crippen molar-refractivity contribution in [3.63, 3.8) is 0 Å². The first-order valence-electron chi connectivity index (χ1n) is 16.8. The fourth-order valence-corrected chi connectivity index (χ4v) is 7.65. The molecule has 0 aliphatic rings. The Hall–Kier alpha value is -6.44. The monoisotopic (exact) mass is 622 g/mol. The lowest BCUT2D eigenvalue weighted by atomic mass is 9.90. The van der Waals surface area contributed by atoms with Crippen LogP contribution < -0.4 is 0 Å². The van der Waals surface area contributed by atoms with Gasteiger partial charge in [0.15, 0.2) is 0 Å². The van der Waals surface area contributed by atoms with Crippen LogP contribution in [0.5, 0.6) is 0 Å². The number of rotatable bonds is 4. The zero-order valence-electron chi connectivity index (χ0n) is 26.7. The summed E-state index contributed by atoms with van der Waals surface area (Å²) in [5.74, 6) is 0. The maximum Gasteiger partial charge on any atom is 0.143 e. The Balaban J connectivity index is 1.16. The van der Waals surface area contributed by atoms with E-state index in [-0.39, 0.29) is 0 Å². The molecule has 49 heavy (non-hydrogen) atoms. The van der Waals surface area contributed by atoms with Gasteiger partial charge in [-0.25, -0.2) is 0 Å². The van der Waals surface area contributed by atoms with Crippen LogP contribution in [-0.2, 0) is 0 Å². The summed E-state index contributed by atoms with van der Waals surface area (Å²) in [5, 5.41) is 9.95. The molecule has 1 nitrogen and oxygen atoms in total. The molecule has 0 spiro atoms. The van der Waals surface area contributed by atoms with Crippen molar-refractivity contribution >= 4 is 54.3 Å². The zero-order valence-corrected chi connectivity index (χ0v) is 26.7. The van der Waals surface area contributed by atoms with Crippen molar-refractivity contribution in [1.29, 1.82) is 0 Å². The quantitative estimate of drug-likeness (QED) is 0.178. The summed E-state index contributed by atoms with van der Waals surface area (Å²) in [7, 11) is 0. The van der Waals surface area contributed by atoms with Crippen LogP contribution in [0.1, 0.15) is 0 Å². The van der Waals surface area contributed by atoms with Crippen molar-refractivity contribution in [2.75, 3.05) is 0 Å². The van der Waals surface area contributed by atoms with Crippen LogP contribution in [-0.4, -0.2) is 0 Å². The van der Waals surface area contributed by atoms with Gasteiger partial charge in [-0.05, 0) is 102 Å². The van der Waals surface area contributed by atoms with Gasteiger partial charge in [0, 0.05) is 16.3 Å². The van der Waals surface area contributed by atoms with Crippen LogP contribution in [0.3, 0.4) is 0 Å². The number of benzene rings is 9. The van der Waals surface area contributed by atoms with E-state index in [2.05, 4.69) is 176 Å². The molecule has 0 unspecified atom stereocenters. The molecule has 0 atom stereocenters. The molecule has 0 aliphatic carbocycles. The van der Waals surface area contributed by atoms with Crippen molar-refractivity contribution in [3.8, 4) is 44.5 Å². The topological polar surface area (TPSA) is 13.1 Å². The minimum absolute atomic E-state index is 0.902. The highest BCUT2D eigenvalue weighted by atomic mass is 16.3. The summed E-state index contributed by atoms with van der Waals surface area (Å²) < 4.78 is 6.62. The predicted molar refractivity (Wildman–Crippen MR) is 208 cm³/mol. The molecule has 9 aromatic carbocycles. The summed E-state index contributed by atoms with van der Waals surface area (Å²) >= 11 is 0. The van der Waals surface area contributed by atoms with Gasteiger partial charge >= 0.3 is 0 Å². The van der Waals surface area contributed by atoms with Gasteiger partial charge in [-0.15, -0.1) is 0 Å². The molecule has 1 aromatic heterocycles. The van der Waals surface area contributed by atoms with Gasteiger partial charge in [0.05, 0.1) is 0 Å². The average Bonchev–Trinajstić information content (AvgIpc) is 3.57. The van der Waals surface area contributed by atoms with E-state index in [1.54, 1.807) is 0 Å². The van der Waals surface area contributed by atoms with Crippen molar-refractivity contribution in [2.45, 2.75) is 0 Å². The molecule has 0 saturated heterocycles. The Morgan fingerprint density at radius 3 is 1.43 bits per heavy atom. The van der Waals surface area contributed by atoms with Crippen LogP contribution in [0.15, 0.2) is 186 Å². The van der Waals surface area contributed by atoms with Crippen molar-refractivity contribution in [1.82, 2.24) is 0 Å². The molecule has 10 aromatic rings. The van der Waals surface area contributed by atoms with E-state index < -0.39 is 0 Å².